The van der Waals surface area contributed by atoms with Crippen molar-refractivity contribution >= 4 is 18.3 Å². The molecule has 5 heteroatoms. The third-order valence-corrected chi connectivity index (χ3v) is 1.22. The highest BCUT2D eigenvalue weighted by atomic mass is 16.5. The lowest BCUT2D eigenvalue weighted by Crippen LogP contribution is -2.01. The molecule has 0 atom stereocenters. The van der Waals surface area contributed by atoms with Crippen molar-refractivity contribution in [3.63, 3.8) is 0 Å². The van der Waals surface area contributed by atoms with Gasteiger partial charge in [-0.2, -0.15) is 0 Å². The number of hydroxylamine groups is 1. The predicted octanol–water partition coefficient (Wildman–Crippen LogP) is 0.533. The van der Waals surface area contributed by atoms with Gasteiger partial charge in [0.2, 0.25) is 0 Å². The lowest BCUT2D eigenvalue weighted by atomic mass is 10.3. The molecule has 0 saturated heterocycles. The summed E-state index contributed by atoms with van der Waals surface area (Å²) in [4.78, 5) is 17.9. The van der Waals surface area contributed by atoms with Gasteiger partial charge in [0.25, 0.3) is 0 Å². The molecule has 0 spiro atoms. The van der Waals surface area contributed by atoms with Crippen molar-refractivity contribution in [1.29, 1.82) is 0 Å². The van der Waals surface area contributed by atoms with E-state index in [1.54, 1.807) is 11.5 Å². The fraction of sp³-hybridized carbons (Fsp3) is 0. The van der Waals surface area contributed by atoms with Gasteiger partial charge in [-0.25, -0.2) is 4.99 Å². The number of pyridine rings is 1. The van der Waals surface area contributed by atoms with Crippen LogP contribution in [0.3, 0.4) is 0 Å². The average Bonchev–Trinajstić information content (AvgIpc) is 2.15. The number of rotatable bonds is 3. The first-order valence-corrected chi connectivity index (χ1v) is 3.20. The Bertz CT molecular complexity index is 298. The molecule has 62 valence electrons. The summed E-state index contributed by atoms with van der Waals surface area (Å²) in [5.74, 6) is 0. The molecule has 1 aromatic rings. The Morgan fingerprint density at radius 3 is 3.17 bits per heavy atom. The van der Waals surface area contributed by atoms with Crippen molar-refractivity contribution in [3.8, 4) is 0 Å². The molecule has 12 heavy (non-hydrogen) atoms. The van der Waals surface area contributed by atoms with Crippen molar-refractivity contribution in [3.05, 3.63) is 24.0 Å². The van der Waals surface area contributed by atoms with Gasteiger partial charge in [-0.15, -0.1) is 0 Å². The van der Waals surface area contributed by atoms with Crippen LogP contribution in [0.1, 0.15) is 10.4 Å². The van der Waals surface area contributed by atoms with Crippen molar-refractivity contribution in [2.75, 3.05) is 0 Å². The van der Waals surface area contributed by atoms with E-state index < -0.39 is 0 Å². The average molecular weight is 165 g/mol. The molecule has 2 N–H and O–H groups in total. The Balaban J connectivity index is 2.96. The Labute approximate surface area is 68.7 Å². The highest BCUT2D eigenvalue weighted by molar-refractivity contribution is 5.83. The number of carbonyl (C=O) groups is 1. The second-order valence-corrected chi connectivity index (χ2v) is 1.94. The summed E-state index contributed by atoms with van der Waals surface area (Å²) < 4.78 is 0. The van der Waals surface area contributed by atoms with Crippen LogP contribution in [0.4, 0.5) is 5.69 Å². The van der Waals surface area contributed by atoms with E-state index in [9.17, 15) is 4.79 Å². The molecule has 0 saturated carbocycles. The molecule has 5 nitrogen and oxygen atoms in total. The fourth-order valence-electron chi connectivity index (χ4n) is 0.706. The summed E-state index contributed by atoms with van der Waals surface area (Å²) >= 11 is 0. The Morgan fingerprint density at radius 2 is 2.50 bits per heavy atom. The minimum Gasteiger partial charge on any atom is -0.298 e. The van der Waals surface area contributed by atoms with E-state index in [4.69, 9.17) is 5.21 Å². The van der Waals surface area contributed by atoms with E-state index in [0.717, 1.165) is 6.34 Å². The molecule has 1 rings (SSSR count). The van der Waals surface area contributed by atoms with Crippen LogP contribution in [0.5, 0.6) is 0 Å². The minimum absolute atomic E-state index is 0.379. The quantitative estimate of drug-likeness (QED) is 0.296. The summed E-state index contributed by atoms with van der Waals surface area (Å²) in [6.07, 6.45) is 4.63. The topological polar surface area (TPSA) is 74.6 Å². The Kier molecular flexibility index (Phi) is 2.92. The molecule has 0 fully saturated rings. The standard InChI is InChI=1S/C7H7N3O2/c11-4-6-3-8-2-1-7(6)9-5-10-12/h1-5,12H,(H,8,9,10). The molecular weight excluding hydrogens is 158 g/mol. The number of nitrogens with zero attached hydrogens (tertiary/aromatic N) is 2. The molecule has 1 aromatic heterocycles. The van der Waals surface area contributed by atoms with Crippen LogP contribution in [0.2, 0.25) is 0 Å². The first kappa shape index (κ1) is 8.35. The lowest BCUT2D eigenvalue weighted by Gasteiger charge is -1.94. The third kappa shape index (κ3) is 1.86. The van der Waals surface area contributed by atoms with Gasteiger partial charge in [-0.3, -0.25) is 20.5 Å². The third-order valence-electron chi connectivity index (χ3n) is 1.22. The number of carbonyl (C=O) groups excluding carboxylic acids is 1. The van der Waals surface area contributed by atoms with E-state index in [-0.39, 0.29) is 0 Å². The number of hydrogen-bond donors (Lipinski definition) is 2. The second kappa shape index (κ2) is 4.20. The molecule has 0 aliphatic rings. The first-order chi connectivity index (χ1) is 5.88. The van der Waals surface area contributed by atoms with Gasteiger partial charge in [0.15, 0.2) is 6.29 Å². The number of aromatic nitrogens is 1. The normalized spacial score (nSPS) is 10.1. The van der Waals surface area contributed by atoms with Gasteiger partial charge >= 0.3 is 0 Å². The number of aliphatic imine (C=N–C) groups is 1. The van der Waals surface area contributed by atoms with Crippen LogP contribution in [-0.2, 0) is 0 Å². The van der Waals surface area contributed by atoms with Crippen LogP contribution in [-0.4, -0.2) is 22.8 Å². The minimum atomic E-state index is 0.379. The van der Waals surface area contributed by atoms with Gasteiger partial charge in [0.1, 0.15) is 6.34 Å². The van der Waals surface area contributed by atoms with Gasteiger partial charge < -0.3 is 0 Å². The molecule has 0 aliphatic heterocycles. The lowest BCUT2D eigenvalue weighted by molar-refractivity contribution is 0.112. The number of nitrogens with one attached hydrogen (secondary N) is 1. The van der Waals surface area contributed by atoms with Gasteiger partial charge in [-0.1, -0.05) is 0 Å². The zero-order chi connectivity index (χ0) is 8.81. The zero-order valence-electron chi connectivity index (χ0n) is 6.14. The summed E-state index contributed by atoms with van der Waals surface area (Å²) in [7, 11) is 0. The van der Waals surface area contributed by atoms with E-state index in [2.05, 4.69) is 9.98 Å². The summed E-state index contributed by atoms with van der Waals surface area (Å²) in [5, 5.41) is 8.19. The van der Waals surface area contributed by atoms with E-state index >= 15 is 0 Å². The maximum Gasteiger partial charge on any atom is 0.153 e. The molecule has 0 aliphatic carbocycles. The predicted molar refractivity (Wildman–Crippen MR) is 42.7 cm³/mol. The first-order valence-electron chi connectivity index (χ1n) is 3.20. The van der Waals surface area contributed by atoms with Crippen LogP contribution in [0.25, 0.3) is 0 Å². The summed E-state index contributed by atoms with van der Waals surface area (Å²) in [6, 6.07) is 1.57. The van der Waals surface area contributed by atoms with Gasteiger partial charge in [0, 0.05) is 12.4 Å². The summed E-state index contributed by atoms with van der Waals surface area (Å²) in [5.41, 5.74) is 2.58. The van der Waals surface area contributed by atoms with E-state index in [0.29, 0.717) is 17.5 Å². The van der Waals surface area contributed by atoms with Crippen LogP contribution >= 0.6 is 0 Å². The van der Waals surface area contributed by atoms with E-state index in [1.807, 2.05) is 0 Å². The Hall–Kier alpha value is -1.75. The molecule has 0 unspecified atom stereocenters. The maximum absolute atomic E-state index is 10.4. The maximum atomic E-state index is 10.4. The fourth-order valence-corrected chi connectivity index (χ4v) is 0.706. The zero-order valence-corrected chi connectivity index (χ0v) is 6.14. The molecular formula is C7H7N3O2. The highest BCUT2D eigenvalue weighted by Crippen LogP contribution is 2.13. The number of aldehydes is 1. The van der Waals surface area contributed by atoms with E-state index in [1.165, 1.54) is 12.4 Å². The second-order valence-electron chi connectivity index (χ2n) is 1.94. The molecule has 0 radical (unpaired) electrons. The highest BCUT2D eigenvalue weighted by Gasteiger charge is 1.96. The molecule has 0 amide bonds. The number of hydrogen-bond acceptors (Lipinski definition) is 4. The Morgan fingerprint density at radius 1 is 1.67 bits per heavy atom. The van der Waals surface area contributed by atoms with Gasteiger partial charge in [-0.05, 0) is 6.07 Å². The molecule has 1 heterocycles. The van der Waals surface area contributed by atoms with Crippen molar-refractivity contribution < 1.29 is 10.0 Å². The van der Waals surface area contributed by atoms with Crippen molar-refractivity contribution in [2.45, 2.75) is 0 Å². The SMILES string of the molecule is O=Cc1cnccc1N=CNO. The van der Waals surface area contributed by atoms with Crippen LogP contribution in [0.15, 0.2) is 23.5 Å². The van der Waals surface area contributed by atoms with Gasteiger partial charge in [0.05, 0.1) is 11.3 Å². The van der Waals surface area contributed by atoms with Crippen molar-refractivity contribution in [2.24, 2.45) is 4.99 Å². The molecule has 0 aromatic carbocycles. The van der Waals surface area contributed by atoms with Crippen LogP contribution < -0.4 is 5.48 Å². The smallest absolute Gasteiger partial charge is 0.153 e. The van der Waals surface area contributed by atoms with Crippen molar-refractivity contribution in [1.82, 2.24) is 10.5 Å². The largest absolute Gasteiger partial charge is 0.298 e. The summed E-state index contributed by atoms with van der Waals surface area (Å²) in [6.45, 7) is 0. The monoisotopic (exact) mass is 165 g/mol. The molecule has 0 bridgehead atoms. The van der Waals surface area contributed by atoms with Crippen LogP contribution in [0, 0.1) is 0 Å².